The van der Waals surface area contributed by atoms with Crippen LogP contribution in [-0.4, -0.2) is 31.5 Å². The zero-order chi connectivity index (χ0) is 16.8. The summed E-state index contributed by atoms with van der Waals surface area (Å²) in [5.74, 6) is 0. The van der Waals surface area contributed by atoms with Crippen molar-refractivity contribution in [3.05, 3.63) is 45.7 Å². The normalized spacial score (nSPS) is 12.0. The lowest BCUT2D eigenvalue weighted by molar-refractivity contribution is -0.109. The van der Waals surface area contributed by atoms with E-state index in [9.17, 15) is 4.79 Å². The number of hydrogen-bond acceptors (Lipinski definition) is 5. The first-order chi connectivity index (χ1) is 11.1. The van der Waals surface area contributed by atoms with Crippen LogP contribution in [0.15, 0.2) is 34.6 Å². The Bertz CT molecular complexity index is 732. The number of benzene rings is 1. The molecule has 1 aromatic heterocycles. The topological polar surface area (TPSA) is 62.1 Å². The van der Waals surface area contributed by atoms with Gasteiger partial charge >= 0.3 is 6.09 Å². The molecule has 0 spiro atoms. The summed E-state index contributed by atoms with van der Waals surface area (Å²) in [6.45, 7) is 4.02. The van der Waals surface area contributed by atoms with Crippen molar-refractivity contribution >= 4 is 17.4 Å². The van der Waals surface area contributed by atoms with Crippen molar-refractivity contribution in [2.75, 3.05) is 20.8 Å². The molecule has 6 nitrogen and oxygen atoms in total. The van der Waals surface area contributed by atoms with Crippen molar-refractivity contribution in [1.82, 2.24) is 4.57 Å². The minimum absolute atomic E-state index is 0.281. The van der Waals surface area contributed by atoms with Crippen LogP contribution in [0.4, 0.5) is 4.79 Å². The number of aryl methyl sites for hydroxylation is 1. The number of thiazole rings is 1. The molecule has 1 amide bonds. The molecule has 1 heterocycles. The molecule has 0 aliphatic carbocycles. The third-order valence-corrected chi connectivity index (χ3v) is 4.06. The summed E-state index contributed by atoms with van der Waals surface area (Å²) in [7, 11) is 3.13. The van der Waals surface area contributed by atoms with Crippen LogP contribution in [0, 0.1) is 6.92 Å². The van der Waals surface area contributed by atoms with E-state index in [1.54, 1.807) is 21.1 Å². The van der Waals surface area contributed by atoms with E-state index < -0.39 is 12.4 Å². The van der Waals surface area contributed by atoms with Crippen molar-refractivity contribution in [3.63, 3.8) is 0 Å². The third kappa shape index (κ3) is 3.87. The molecule has 0 fully saturated rings. The monoisotopic (exact) mass is 336 g/mol. The first kappa shape index (κ1) is 17.4. The Hall–Kier alpha value is -1.96. The van der Waals surface area contributed by atoms with Gasteiger partial charge in [-0.05, 0) is 25.5 Å². The molecule has 0 atom stereocenters. The SMILES string of the molecule is CCOC(=O)/N=c1\scc(C(OC)OC)n1-c1ccccc1C. The van der Waals surface area contributed by atoms with Gasteiger partial charge in [0.25, 0.3) is 0 Å². The zero-order valence-electron chi connectivity index (χ0n) is 13.6. The standard InChI is InChI=1S/C16H20N2O4S/c1-5-22-16(19)17-15-18(12-9-7-6-8-11(12)2)13(10-23-15)14(20-3)21-4/h6-10,14H,5H2,1-4H3/b17-15-. The van der Waals surface area contributed by atoms with Gasteiger partial charge in [-0.2, -0.15) is 0 Å². The molecule has 2 aromatic rings. The van der Waals surface area contributed by atoms with Gasteiger partial charge in [-0.3, -0.25) is 4.57 Å². The van der Waals surface area contributed by atoms with Crippen molar-refractivity contribution in [3.8, 4) is 5.69 Å². The number of methoxy groups -OCH3 is 2. The molecule has 0 aliphatic heterocycles. The molecular formula is C16H20N2O4S. The van der Waals surface area contributed by atoms with E-state index in [2.05, 4.69) is 4.99 Å². The molecule has 0 unspecified atom stereocenters. The largest absolute Gasteiger partial charge is 0.448 e. The number of carbonyl (C=O) groups excluding carboxylic acids is 1. The number of aromatic nitrogens is 1. The zero-order valence-corrected chi connectivity index (χ0v) is 14.4. The first-order valence-electron chi connectivity index (χ1n) is 7.15. The number of ether oxygens (including phenoxy) is 3. The Morgan fingerprint density at radius 3 is 2.61 bits per heavy atom. The highest BCUT2D eigenvalue weighted by Crippen LogP contribution is 2.23. The minimum atomic E-state index is -0.616. The third-order valence-electron chi connectivity index (χ3n) is 3.22. The molecule has 23 heavy (non-hydrogen) atoms. The number of rotatable bonds is 5. The summed E-state index contributed by atoms with van der Waals surface area (Å²) in [5, 5.41) is 1.86. The molecule has 1 aromatic carbocycles. The molecular weight excluding hydrogens is 316 g/mol. The number of amides is 1. The molecule has 0 radical (unpaired) electrons. The minimum Gasteiger partial charge on any atom is -0.448 e. The average Bonchev–Trinajstić information content (AvgIpc) is 2.93. The lowest BCUT2D eigenvalue weighted by Gasteiger charge is -2.17. The highest BCUT2D eigenvalue weighted by atomic mass is 32.1. The fourth-order valence-corrected chi connectivity index (χ4v) is 3.07. The van der Waals surface area contributed by atoms with E-state index >= 15 is 0 Å². The number of carbonyl (C=O) groups is 1. The lowest BCUT2D eigenvalue weighted by Crippen LogP contribution is -2.21. The second kappa shape index (κ2) is 8.05. The van der Waals surface area contributed by atoms with Gasteiger partial charge in [-0.25, -0.2) is 4.79 Å². The van der Waals surface area contributed by atoms with Crippen LogP contribution in [0.3, 0.4) is 0 Å². The van der Waals surface area contributed by atoms with Gasteiger partial charge in [0, 0.05) is 19.6 Å². The Morgan fingerprint density at radius 2 is 2.00 bits per heavy atom. The maximum Gasteiger partial charge on any atom is 0.436 e. The van der Waals surface area contributed by atoms with Crippen LogP contribution in [0.1, 0.15) is 24.5 Å². The molecule has 2 rings (SSSR count). The number of para-hydroxylation sites is 1. The Labute approximate surface area is 139 Å². The van der Waals surface area contributed by atoms with E-state index in [1.807, 2.05) is 41.1 Å². The number of nitrogens with zero attached hydrogens (tertiary/aromatic N) is 2. The van der Waals surface area contributed by atoms with Crippen LogP contribution < -0.4 is 4.80 Å². The second-order valence-electron chi connectivity index (χ2n) is 4.68. The quantitative estimate of drug-likeness (QED) is 0.787. The summed E-state index contributed by atoms with van der Waals surface area (Å²) < 4.78 is 17.5. The van der Waals surface area contributed by atoms with Gasteiger partial charge in [0.15, 0.2) is 6.29 Å². The molecule has 0 saturated heterocycles. The lowest BCUT2D eigenvalue weighted by atomic mass is 10.2. The van der Waals surface area contributed by atoms with Crippen molar-refractivity contribution in [1.29, 1.82) is 0 Å². The van der Waals surface area contributed by atoms with Crippen LogP contribution >= 0.6 is 11.3 Å². The predicted octanol–water partition coefficient (Wildman–Crippen LogP) is 3.20. The van der Waals surface area contributed by atoms with E-state index in [0.29, 0.717) is 4.80 Å². The smallest absolute Gasteiger partial charge is 0.436 e. The van der Waals surface area contributed by atoms with Crippen molar-refractivity contribution < 1.29 is 19.0 Å². The summed E-state index contributed by atoms with van der Waals surface area (Å²) in [4.78, 5) is 16.3. The van der Waals surface area contributed by atoms with Gasteiger partial charge in [-0.15, -0.1) is 16.3 Å². The van der Waals surface area contributed by atoms with E-state index in [1.165, 1.54) is 11.3 Å². The van der Waals surface area contributed by atoms with Gasteiger partial charge < -0.3 is 14.2 Å². The summed E-state index contributed by atoms with van der Waals surface area (Å²) in [6, 6.07) is 7.84. The molecule has 7 heteroatoms. The van der Waals surface area contributed by atoms with E-state index in [0.717, 1.165) is 16.9 Å². The van der Waals surface area contributed by atoms with Crippen LogP contribution in [0.25, 0.3) is 5.69 Å². The number of hydrogen-bond donors (Lipinski definition) is 0. The average molecular weight is 336 g/mol. The van der Waals surface area contributed by atoms with Crippen molar-refractivity contribution in [2.45, 2.75) is 20.1 Å². The van der Waals surface area contributed by atoms with E-state index in [-0.39, 0.29) is 6.61 Å². The highest BCUT2D eigenvalue weighted by molar-refractivity contribution is 7.07. The van der Waals surface area contributed by atoms with Crippen molar-refractivity contribution in [2.24, 2.45) is 4.99 Å². The first-order valence-corrected chi connectivity index (χ1v) is 8.03. The van der Waals surface area contributed by atoms with Crippen LogP contribution in [0.2, 0.25) is 0 Å². The van der Waals surface area contributed by atoms with Gasteiger partial charge in [0.1, 0.15) is 0 Å². The van der Waals surface area contributed by atoms with Crippen LogP contribution in [0.5, 0.6) is 0 Å². The fraction of sp³-hybridized carbons (Fsp3) is 0.375. The molecule has 0 N–H and O–H groups in total. The van der Waals surface area contributed by atoms with Crippen LogP contribution in [-0.2, 0) is 14.2 Å². The molecule has 124 valence electrons. The van der Waals surface area contributed by atoms with Gasteiger partial charge in [-0.1, -0.05) is 18.2 Å². The maximum absolute atomic E-state index is 11.7. The fourth-order valence-electron chi connectivity index (χ4n) is 2.19. The second-order valence-corrected chi connectivity index (χ2v) is 5.52. The molecule has 0 bridgehead atoms. The predicted molar refractivity (Wildman–Crippen MR) is 87.7 cm³/mol. The highest BCUT2D eigenvalue weighted by Gasteiger charge is 2.19. The molecule has 0 saturated carbocycles. The maximum atomic E-state index is 11.7. The Morgan fingerprint density at radius 1 is 1.30 bits per heavy atom. The Balaban J connectivity index is 2.66. The summed E-state index contributed by atoms with van der Waals surface area (Å²) in [5.41, 5.74) is 2.71. The Kier molecular flexibility index (Phi) is 6.09. The van der Waals surface area contributed by atoms with Gasteiger partial charge in [0.2, 0.25) is 4.80 Å². The molecule has 0 aliphatic rings. The van der Waals surface area contributed by atoms with E-state index in [4.69, 9.17) is 14.2 Å². The summed E-state index contributed by atoms with van der Waals surface area (Å²) in [6.07, 6.45) is -1.17. The van der Waals surface area contributed by atoms with Gasteiger partial charge in [0.05, 0.1) is 18.0 Å². The summed E-state index contributed by atoms with van der Waals surface area (Å²) >= 11 is 1.33.